The van der Waals surface area contributed by atoms with Gasteiger partial charge in [-0.1, -0.05) is 0 Å². The molecule has 5 heteroatoms. The standard InChI is InChI=1S/C10H18FNO3/c1-10(2,3)15-9(14)12-4-7(6-13)8(11)5-12/h7-8,13H,4-6H2,1-3H3/t7-,8+/m1/s1. The number of halogens is 1. The summed E-state index contributed by atoms with van der Waals surface area (Å²) in [6, 6.07) is 0. The van der Waals surface area contributed by atoms with E-state index in [1.54, 1.807) is 20.8 Å². The molecule has 0 bridgehead atoms. The molecule has 15 heavy (non-hydrogen) atoms. The second-order valence-electron chi connectivity index (χ2n) is 4.84. The predicted octanol–water partition coefficient (Wildman–Crippen LogP) is 1.18. The number of ether oxygens (including phenoxy) is 1. The average molecular weight is 219 g/mol. The number of nitrogens with zero attached hydrogens (tertiary/aromatic N) is 1. The molecule has 1 aliphatic heterocycles. The number of hydrogen-bond acceptors (Lipinski definition) is 3. The fourth-order valence-electron chi connectivity index (χ4n) is 1.48. The number of aliphatic hydroxyl groups is 1. The second-order valence-corrected chi connectivity index (χ2v) is 4.84. The highest BCUT2D eigenvalue weighted by atomic mass is 19.1. The summed E-state index contributed by atoms with van der Waals surface area (Å²) in [5.74, 6) is -0.475. The SMILES string of the molecule is CC(C)(C)OC(=O)N1C[C@H](CO)[C@@H](F)C1. The van der Waals surface area contributed by atoms with E-state index in [4.69, 9.17) is 9.84 Å². The van der Waals surface area contributed by atoms with Crippen LogP contribution in [0.2, 0.25) is 0 Å². The lowest BCUT2D eigenvalue weighted by molar-refractivity contribution is 0.0279. The molecule has 1 fully saturated rings. The van der Waals surface area contributed by atoms with Crippen LogP contribution < -0.4 is 0 Å². The largest absolute Gasteiger partial charge is 0.444 e. The Labute approximate surface area is 89.0 Å². The first-order chi connectivity index (χ1) is 6.83. The first-order valence-electron chi connectivity index (χ1n) is 5.06. The highest BCUT2D eigenvalue weighted by Gasteiger charge is 2.36. The quantitative estimate of drug-likeness (QED) is 0.720. The smallest absolute Gasteiger partial charge is 0.410 e. The van der Waals surface area contributed by atoms with Gasteiger partial charge in [0.25, 0.3) is 0 Å². The van der Waals surface area contributed by atoms with Crippen LogP contribution in [0.15, 0.2) is 0 Å². The van der Waals surface area contributed by atoms with E-state index in [9.17, 15) is 9.18 Å². The molecule has 88 valence electrons. The van der Waals surface area contributed by atoms with Gasteiger partial charge in [-0.25, -0.2) is 9.18 Å². The molecule has 0 aromatic rings. The van der Waals surface area contributed by atoms with Gasteiger partial charge in [-0.2, -0.15) is 0 Å². The van der Waals surface area contributed by atoms with Crippen molar-refractivity contribution in [3.8, 4) is 0 Å². The number of likely N-dealkylation sites (tertiary alicyclic amines) is 1. The van der Waals surface area contributed by atoms with Crippen LogP contribution in [0.3, 0.4) is 0 Å². The predicted molar refractivity (Wildman–Crippen MR) is 53.3 cm³/mol. The lowest BCUT2D eigenvalue weighted by Gasteiger charge is -2.24. The number of amides is 1. The van der Waals surface area contributed by atoms with Crippen LogP contribution in [0.1, 0.15) is 20.8 Å². The lowest BCUT2D eigenvalue weighted by atomic mass is 10.1. The summed E-state index contributed by atoms with van der Waals surface area (Å²) >= 11 is 0. The maximum absolute atomic E-state index is 13.2. The maximum atomic E-state index is 13.2. The number of carbonyl (C=O) groups is 1. The summed E-state index contributed by atoms with van der Waals surface area (Å²) in [5, 5.41) is 8.85. The van der Waals surface area contributed by atoms with Crippen molar-refractivity contribution in [2.24, 2.45) is 5.92 Å². The number of rotatable bonds is 1. The summed E-state index contributed by atoms with van der Waals surface area (Å²) in [7, 11) is 0. The van der Waals surface area contributed by atoms with E-state index in [0.717, 1.165) is 0 Å². The fraction of sp³-hybridized carbons (Fsp3) is 0.900. The van der Waals surface area contributed by atoms with Crippen LogP contribution in [0.5, 0.6) is 0 Å². The fourth-order valence-corrected chi connectivity index (χ4v) is 1.48. The zero-order valence-electron chi connectivity index (χ0n) is 9.36. The van der Waals surface area contributed by atoms with E-state index in [0.29, 0.717) is 0 Å². The minimum Gasteiger partial charge on any atom is -0.444 e. The Balaban J connectivity index is 2.50. The summed E-state index contributed by atoms with van der Waals surface area (Å²) in [4.78, 5) is 12.8. The van der Waals surface area contributed by atoms with Crippen molar-refractivity contribution in [1.29, 1.82) is 0 Å². The van der Waals surface area contributed by atoms with Crippen molar-refractivity contribution in [2.45, 2.75) is 32.5 Å². The molecule has 0 aromatic carbocycles. The lowest BCUT2D eigenvalue weighted by Crippen LogP contribution is -2.35. The second kappa shape index (κ2) is 4.35. The van der Waals surface area contributed by atoms with Crippen LogP contribution in [-0.4, -0.2) is 47.6 Å². The topological polar surface area (TPSA) is 49.8 Å². The molecular formula is C10H18FNO3. The zero-order chi connectivity index (χ0) is 11.6. The molecule has 0 radical (unpaired) electrons. The minimum atomic E-state index is -1.15. The van der Waals surface area contributed by atoms with Gasteiger partial charge in [-0.05, 0) is 20.8 Å². The normalized spacial score (nSPS) is 26.9. The summed E-state index contributed by atoms with van der Waals surface area (Å²) in [5.41, 5.74) is -0.569. The maximum Gasteiger partial charge on any atom is 0.410 e. The van der Waals surface area contributed by atoms with E-state index in [1.165, 1.54) is 4.90 Å². The van der Waals surface area contributed by atoms with Crippen molar-refractivity contribution in [3.05, 3.63) is 0 Å². The third-order valence-corrected chi connectivity index (χ3v) is 2.25. The molecule has 4 nitrogen and oxygen atoms in total. The van der Waals surface area contributed by atoms with Gasteiger partial charge in [0, 0.05) is 12.5 Å². The molecule has 2 atom stereocenters. The van der Waals surface area contributed by atoms with Crippen molar-refractivity contribution >= 4 is 6.09 Å². The van der Waals surface area contributed by atoms with Crippen LogP contribution >= 0.6 is 0 Å². The molecule has 1 N–H and O–H groups in total. The Morgan fingerprint density at radius 2 is 2.13 bits per heavy atom. The average Bonchev–Trinajstić information content (AvgIpc) is 2.43. The van der Waals surface area contributed by atoms with Gasteiger partial charge < -0.3 is 14.7 Å². The van der Waals surface area contributed by atoms with Gasteiger partial charge in [0.1, 0.15) is 11.8 Å². The van der Waals surface area contributed by atoms with E-state index < -0.39 is 23.8 Å². The van der Waals surface area contributed by atoms with Crippen LogP contribution in [0.4, 0.5) is 9.18 Å². The number of aliphatic hydroxyl groups excluding tert-OH is 1. The number of hydrogen-bond donors (Lipinski definition) is 1. The monoisotopic (exact) mass is 219 g/mol. The third-order valence-electron chi connectivity index (χ3n) is 2.25. The molecule has 1 rings (SSSR count). The molecular weight excluding hydrogens is 201 g/mol. The first-order valence-corrected chi connectivity index (χ1v) is 5.06. The molecule has 0 saturated carbocycles. The van der Waals surface area contributed by atoms with Crippen LogP contribution in [0, 0.1) is 5.92 Å². The Kier molecular flexibility index (Phi) is 3.54. The molecule has 1 saturated heterocycles. The molecule has 0 spiro atoms. The van der Waals surface area contributed by atoms with Gasteiger partial charge in [-0.15, -0.1) is 0 Å². The molecule has 1 amide bonds. The highest BCUT2D eigenvalue weighted by molar-refractivity contribution is 5.68. The van der Waals surface area contributed by atoms with E-state index in [2.05, 4.69) is 0 Å². The van der Waals surface area contributed by atoms with Gasteiger partial charge >= 0.3 is 6.09 Å². The minimum absolute atomic E-state index is 0.0140. The van der Waals surface area contributed by atoms with E-state index in [-0.39, 0.29) is 19.7 Å². The Morgan fingerprint density at radius 1 is 1.53 bits per heavy atom. The third kappa shape index (κ3) is 3.34. The van der Waals surface area contributed by atoms with Crippen molar-refractivity contribution in [3.63, 3.8) is 0 Å². The summed E-state index contributed by atoms with van der Waals surface area (Å²) < 4.78 is 18.3. The van der Waals surface area contributed by atoms with Gasteiger partial charge in [0.2, 0.25) is 0 Å². The van der Waals surface area contributed by atoms with Gasteiger partial charge in [0.05, 0.1) is 13.2 Å². The van der Waals surface area contributed by atoms with Crippen molar-refractivity contribution in [2.75, 3.05) is 19.7 Å². The van der Waals surface area contributed by atoms with Crippen LogP contribution in [-0.2, 0) is 4.74 Å². The Hall–Kier alpha value is -0.840. The Bertz CT molecular complexity index is 239. The van der Waals surface area contributed by atoms with Crippen LogP contribution in [0.25, 0.3) is 0 Å². The first kappa shape index (κ1) is 12.2. The Morgan fingerprint density at radius 3 is 2.53 bits per heavy atom. The number of alkyl halides is 1. The molecule has 0 aromatic heterocycles. The van der Waals surface area contributed by atoms with Gasteiger partial charge in [-0.3, -0.25) is 0 Å². The molecule has 1 heterocycles. The molecule has 0 aliphatic carbocycles. The van der Waals surface area contributed by atoms with Gasteiger partial charge in [0.15, 0.2) is 0 Å². The van der Waals surface area contributed by atoms with E-state index in [1.807, 2.05) is 0 Å². The van der Waals surface area contributed by atoms with Crippen molar-refractivity contribution in [1.82, 2.24) is 4.90 Å². The highest BCUT2D eigenvalue weighted by Crippen LogP contribution is 2.21. The molecule has 1 aliphatic rings. The van der Waals surface area contributed by atoms with Crippen molar-refractivity contribution < 1.29 is 19.0 Å². The number of carbonyl (C=O) groups excluding carboxylic acids is 1. The summed E-state index contributed by atoms with van der Waals surface area (Å²) in [6.45, 7) is 5.29. The molecule has 0 unspecified atom stereocenters. The summed E-state index contributed by atoms with van der Waals surface area (Å²) in [6.07, 6.45) is -1.66. The zero-order valence-corrected chi connectivity index (χ0v) is 9.36. The van der Waals surface area contributed by atoms with E-state index >= 15 is 0 Å².